The van der Waals surface area contributed by atoms with Crippen LogP contribution < -0.4 is 15.5 Å². The molecular formula is C24H23N7O2. The van der Waals surface area contributed by atoms with Crippen molar-refractivity contribution in [2.45, 2.75) is 0 Å². The predicted molar refractivity (Wildman–Crippen MR) is 128 cm³/mol. The van der Waals surface area contributed by atoms with E-state index < -0.39 is 0 Å². The number of rotatable bonds is 6. The molecule has 0 spiro atoms. The topological polar surface area (TPSA) is 96.7 Å². The maximum Gasteiger partial charge on any atom is 0.247 e. The van der Waals surface area contributed by atoms with Crippen LogP contribution in [0.2, 0.25) is 0 Å². The van der Waals surface area contributed by atoms with E-state index in [1.165, 1.54) is 11.8 Å². The first kappa shape index (κ1) is 20.7. The molecule has 2 aromatic carbocycles. The number of amides is 1. The summed E-state index contributed by atoms with van der Waals surface area (Å²) in [6, 6.07) is 15.7. The van der Waals surface area contributed by atoms with E-state index in [-0.39, 0.29) is 5.91 Å². The van der Waals surface area contributed by atoms with E-state index in [0.717, 1.165) is 43.2 Å². The SMILES string of the molecule is C=CC(=O)Nc1cccc(-c2cnc3cnc(Nc4ccc(N5CCOCC5)cc4)nn23)c1. The summed E-state index contributed by atoms with van der Waals surface area (Å²) in [4.78, 5) is 22.7. The number of carbonyl (C=O) groups is 1. The summed E-state index contributed by atoms with van der Waals surface area (Å²) in [5.41, 5.74) is 5.00. The van der Waals surface area contributed by atoms with Crippen LogP contribution in [0.4, 0.5) is 23.0 Å². The summed E-state index contributed by atoms with van der Waals surface area (Å²) in [6.07, 6.45) is 4.64. The number of anilines is 4. The van der Waals surface area contributed by atoms with Gasteiger partial charge in [0.2, 0.25) is 11.9 Å². The number of morpholine rings is 1. The van der Waals surface area contributed by atoms with Gasteiger partial charge in [0.05, 0.1) is 31.3 Å². The van der Waals surface area contributed by atoms with Crippen LogP contribution in [0.25, 0.3) is 16.9 Å². The van der Waals surface area contributed by atoms with Crippen molar-refractivity contribution in [3.05, 3.63) is 73.6 Å². The van der Waals surface area contributed by atoms with Gasteiger partial charge in [-0.1, -0.05) is 18.7 Å². The fourth-order valence-corrected chi connectivity index (χ4v) is 3.70. The number of aromatic nitrogens is 4. The van der Waals surface area contributed by atoms with Crippen molar-refractivity contribution in [1.29, 1.82) is 0 Å². The van der Waals surface area contributed by atoms with Crippen molar-refractivity contribution in [2.24, 2.45) is 0 Å². The zero-order valence-corrected chi connectivity index (χ0v) is 17.9. The Morgan fingerprint density at radius 2 is 1.85 bits per heavy atom. The Morgan fingerprint density at radius 3 is 2.64 bits per heavy atom. The Balaban J connectivity index is 1.38. The summed E-state index contributed by atoms with van der Waals surface area (Å²) in [6.45, 7) is 6.79. The van der Waals surface area contributed by atoms with E-state index in [4.69, 9.17) is 4.74 Å². The molecule has 1 aliphatic heterocycles. The molecule has 33 heavy (non-hydrogen) atoms. The van der Waals surface area contributed by atoms with Gasteiger partial charge in [-0.15, -0.1) is 5.10 Å². The largest absolute Gasteiger partial charge is 0.378 e. The van der Waals surface area contributed by atoms with Crippen LogP contribution in [0.5, 0.6) is 0 Å². The molecule has 2 aromatic heterocycles. The third-order valence-corrected chi connectivity index (χ3v) is 5.37. The number of nitrogens with zero attached hydrogens (tertiary/aromatic N) is 5. The minimum Gasteiger partial charge on any atom is -0.378 e. The third kappa shape index (κ3) is 4.53. The van der Waals surface area contributed by atoms with Crippen LogP contribution in [0.15, 0.2) is 73.6 Å². The smallest absolute Gasteiger partial charge is 0.247 e. The maximum atomic E-state index is 11.6. The fraction of sp³-hybridized carbons (Fsp3) is 0.167. The summed E-state index contributed by atoms with van der Waals surface area (Å²) in [5, 5.41) is 10.7. The molecule has 4 aromatic rings. The monoisotopic (exact) mass is 441 g/mol. The lowest BCUT2D eigenvalue weighted by atomic mass is 10.1. The van der Waals surface area contributed by atoms with E-state index in [1.807, 2.05) is 36.4 Å². The molecule has 166 valence electrons. The molecule has 1 amide bonds. The lowest BCUT2D eigenvalue weighted by Crippen LogP contribution is -2.36. The van der Waals surface area contributed by atoms with Gasteiger partial charge in [-0.25, -0.2) is 14.5 Å². The molecule has 0 bridgehead atoms. The lowest BCUT2D eigenvalue weighted by molar-refractivity contribution is -0.111. The molecule has 0 radical (unpaired) electrons. The summed E-state index contributed by atoms with van der Waals surface area (Å²) >= 11 is 0. The number of benzene rings is 2. The van der Waals surface area contributed by atoms with Gasteiger partial charge in [-0.05, 0) is 42.5 Å². The van der Waals surface area contributed by atoms with Gasteiger partial charge in [0.15, 0.2) is 5.65 Å². The van der Waals surface area contributed by atoms with E-state index in [9.17, 15) is 4.79 Å². The van der Waals surface area contributed by atoms with Gasteiger partial charge in [-0.3, -0.25) is 4.79 Å². The quantitative estimate of drug-likeness (QED) is 0.442. The number of ether oxygens (including phenoxy) is 1. The van der Waals surface area contributed by atoms with Crippen molar-refractivity contribution in [1.82, 2.24) is 19.6 Å². The molecule has 9 nitrogen and oxygen atoms in total. The van der Waals surface area contributed by atoms with Crippen LogP contribution >= 0.6 is 0 Å². The molecule has 3 heterocycles. The normalized spacial score (nSPS) is 13.6. The number of fused-ring (bicyclic) bond motifs is 1. The Labute approximate surface area is 190 Å². The molecule has 0 aliphatic carbocycles. The average Bonchev–Trinajstić information content (AvgIpc) is 3.28. The average molecular weight is 441 g/mol. The zero-order valence-electron chi connectivity index (χ0n) is 17.9. The first-order valence-corrected chi connectivity index (χ1v) is 10.6. The first-order valence-electron chi connectivity index (χ1n) is 10.6. The fourth-order valence-electron chi connectivity index (χ4n) is 3.70. The molecule has 1 saturated heterocycles. The molecule has 2 N–H and O–H groups in total. The van der Waals surface area contributed by atoms with Crippen molar-refractivity contribution >= 4 is 34.6 Å². The minimum absolute atomic E-state index is 0.265. The molecular weight excluding hydrogens is 418 g/mol. The van der Waals surface area contributed by atoms with Crippen LogP contribution in [0, 0.1) is 0 Å². The zero-order chi connectivity index (χ0) is 22.6. The third-order valence-electron chi connectivity index (χ3n) is 5.37. The second kappa shape index (κ2) is 9.09. The van der Waals surface area contributed by atoms with Crippen LogP contribution in [-0.4, -0.2) is 51.8 Å². The van der Waals surface area contributed by atoms with Crippen molar-refractivity contribution < 1.29 is 9.53 Å². The lowest BCUT2D eigenvalue weighted by Gasteiger charge is -2.28. The van der Waals surface area contributed by atoms with Gasteiger partial charge < -0.3 is 20.3 Å². The number of imidazole rings is 1. The number of carbonyl (C=O) groups excluding carboxylic acids is 1. The van der Waals surface area contributed by atoms with E-state index >= 15 is 0 Å². The Morgan fingerprint density at radius 1 is 1.03 bits per heavy atom. The van der Waals surface area contributed by atoms with E-state index in [2.05, 4.69) is 49.3 Å². The Bertz CT molecular complexity index is 1290. The summed E-state index contributed by atoms with van der Waals surface area (Å²) < 4.78 is 7.15. The maximum absolute atomic E-state index is 11.6. The van der Waals surface area contributed by atoms with Crippen molar-refractivity contribution in [2.75, 3.05) is 41.8 Å². The van der Waals surface area contributed by atoms with Crippen LogP contribution in [-0.2, 0) is 9.53 Å². The second-order valence-corrected chi connectivity index (χ2v) is 7.54. The minimum atomic E-state index is -0.265. The highest BCUT2D eigenvalue weighted by Gasteiger charge is 2.12. The first-order chi connectivity index (χ1) is 16.2. The van der Waals surface area contributed by atoms with E-state index in [0.29, 0.717) is 17.3 Å². The number of hydrogen-bond acceptors (Lipinski definition) is 7. The van der Waals surface area contributed by atoms with Gasteiger partial charge >= 0.3 is 0 Å². The highest BCUT2D eigenvalue weighted by Crippen LogP contribution is 2.24. The van der Waals surface area contributed by atoms with Gasteiger partial charge in [0, 0.05) is 35.7 Å². The second-order valence-electron chi connectivity index (χ2n) is 7.54. The Hall–Kier alpha value is -4.24. The van der Waals surface area contributed by atoms with Gasteiger partial charge in [0.25, 0.3) is 0 Å². The standard InChI is InChI=1S/C24H23N7O2/c1-2-23(32)27-19-5-3-4-17(14-19)21-15-25-22-16-26-24(29-31(21)22)28-18-6-8-20(9-7-18)30-10-12-33-13-11-30/h2-9,14-16H,1,10-13H2,(H,27,32)(H,28,29). The van der Waals surface area contributed by atoms with Crippen LogP contribution in [0.1, 0.15) is 0 Å². The van der Waals surface area contributed by atoms with Gasteiger partial charge in [0.1, 0.15) is 0 Å². The molecule has 0 saturated carbocycles. The number of nitrogens with one attached hydrogen (secondary N) is 2. The summed E-state index contributed by atoms with van der Waals surface area (Å²) in [7, 11) is 0. The highest BCUT2D eigenvalue weighted by atomic mass is 16.5. The summed E-state index contributed by atoms with van der Waals surface area (Å²) in [5.74, 6) is 0.190. The molecule has 9 heteroatoms. The van der Waals surface area contributed by atoms with E-state index in [1.54, 1.807) is 16.9 Å². The van der Waals surface area contributed by atoms with Crippen LogP contribution in [0.3, 0.4) is 0 Å². The van der Waals surface area contributed by atoms with Crippen molar-refractivity contribution in [3.8, 4) is 11.3 Å². The molecule has 1 aliphatic rings. The Kier molecular flexibility index (Phi) is 5.69. The molecule has 1 fully saturated rings. The molecule has 0 unspecified atom stereocenters. The highest BCUT2D eigenvalue weighted by molar-refractivity contribution is 5.99. The predicted octanol–water partition coefficient (Wildman–Crippen LogP) is 3.50. The molecule has 5 rings (SSSR count). The van der Waals surface area contributed by atoms with Gasteiger partial charge in [-0.2, -0.15) is 0 Å². The number of hydrogen-bond donors (Lipinski definition) is 2. The molecule has 0 atom stereocenters. The van der Waals surface area contributed by atoms with Crippen molar-refractivity contribution in [3.63, 3.8) is 0 Å².